The molecule has 0 spiro atoms. The third kappa shape index (κ3) is 4.98. The maximum Gasteiger partial charge on any atom is 0.408 e. The van der Waals surface area contributed by atoms with Crippen LogP contribution in [0.4, 0.5) is 4.79 Å². The molecule has 1 unspecified atom stereocenters. The Bertz CT molecular complexity index is 912. The first-order valence-electron chi connectivity index (χ1n) is 7.91. The van der Waals surface area contributed by atoms with Crippen molar-refractivity contribution < 1.29 is 23.5 Å². The highest BCUT2D eigenvalue weighted by atomic mass is 35.5. The molecule has 0 saturated heterocycles. The number of fused-ring (bicyclic) bond motifs is 1. The summed E-state index contributed by atoms with van der Waals surface area (Å²) in [5, 5.41) is 3.19. The van der Waals surface area contributed by atoms with Crippen LogP contribution in [0.3, 0.4) is 0 Å². The Morgan fingerprint density at radius 3 is 2.50 bits per heavy atom. The van der Waals surface area contributed by atoms with Gasteiger partial charge in [-0.1, -0.05) is 11.6 Å². The summed E-state index contributed by atoms with van der Waals surface area (Å²) in [5.41, 5.74) is -0.273. The number of carbonyl (C=O) groups is 2. The van der Waals surface area contributed by atoms with E-state index in [4.69, 9.17) is 25.5 Å². The number of aryl methyl sites for hydroxylation is 1. The molecule has 1 aromatic heterocycles. The molecule has 26 heavy (non-hydrogen) atoms. The van der Waals surface area contributed by atoms with Gasteiger partial charge in [-0.3, -0.25) is 0 Å². The second kappa shape index (κ2) is 7.37. The summed E-state index contributed by atoms with van der Waals surface area (Å²) in [6, 6.07) is 3.28. The molecule has 2 rings (SSSR count). The molecule has 2 aromatic rings. The van der Waals surface area contributed by atoms with Crippen molar-refractivity contribution in [3.05, 3.63) is 39.2 Å². The van der Waals surface area contributed by atoms with Gasteiger partial charge in [0.25, 0.3) is 0 Å². The minimum Gasteiger partial charge on any atom is -0.444 e. The van der Waals surface area contributed by atoms with E-state index in [1.54, 1.807) is 33.8 Å². The Kier molecular flexibility index (Phi) is 5.61. The molecule has 140 valence electrons. The normalized spacial score (nSPS) is 12.5. The average Bonchev–Trinajstić information content (AvgIpc) is 2.46. The molecule has 8 heteroatoms. The first kappa shape index (κ1) is 19.8. The summed E-state index contributed by atoms with van der Waals surface area (Å²) in [5.74, 6) is -0.720. The van der Waals surface area contributed by atoms with Crippen LogP contribution in [0.2, 0.25) is 5.02 Å². The fraction of sp³-hybridized carbons (Fsp3) is 0.389. The van der Waals surface area contributed by atoms with E-state index >= 15 is 0 Å². The topological polar surface area (TPSA) is 94.8 Å². The van der Waals surface area contributed by atoms with Crippen LogP contribution in [0.25, 0.3) is 11.0 Å². The van der Waals surface area contributed by atoms with Crippen molar-refractivity contribution in [3.8, 4) is 5.75 Å². The molecule has 1 heterocycles. The van der Waals surface area contributed by atoms with E-state index in [2.05, 4.69) is 5.32 Å². The van der Waals surface area contributed by atoms with E-state index in [9.17, 15) is 14.4 Å². The molecule has 0 aliphatic carbocycles. The summed E-state index contributed by atoms with van der Waals surface area (Å²) in [6.45, 7) is 8.32. The number of halogens is 1. The number of alkyl carbamates (subject to hydrolysis) is 1. The number of rotatable bonds is 3. The molecular weight excluding hydrogens is 362 g/mol. The molecule has 1 atom stereocenters. The smallest absolute Gasteiger partial charge is 0.408 e. The van der Waals surface area contributed by atoms with Gasteiger partial charge in [-0.25, -0.2) is 14.4 Å². The van der Waals surface area contributed by atoms with Gasteiger partial charge >= 0.3 is 17.7 Å². The van der Waals surface area contributed by atoms with Gasteiger partial charge in [-0.2, -0.15) is 0 Å². The number of nitrogens with one attached hydrogen (secondary N) is 1. The van der Waals surface area contributed by atoms with E-state index in [1.807, 2.05) is 0 Å². The zero-order valence-electron chi connectivity index (χ0n) is 15.1. The lowest BCUT2D eigenvalue weighted by atomic mass is 10.1. The fourth-order valence-electron chi connectivity index (χ4n) is 2.14. The van der Waals surface area contributed by atoms with Crippen molar-refractivity contribution in [2.75, 3.05) is 0 Å². The van der Waals surface area contributed by atoms with E-state index < -0.39 is 29.3 Å². The number of esters is 1. The molecule has 0 fully saturated rings. The van der Waals surface area contributed by atoms with Gasteiger partial charge in [0, 0.05) is 17.5 Å². The number of amides is 1. The van der Waals surface area contributed by atoms with Gasteiger partial charge in [0.15, 0.2) is 5.75 Å². The number of carbonyl (C=O) groups excluding carboxylic acids is 2. The summed E-state index contributed by atoms with van der Waals surface area (Å²) >= 11 is 6.15. The number of benzene rings is 1. The quantitative estimate of drug-likeness (QED) is 0.496. The Balaban J connectivity index is 2.17. The Labute approximate surface area is 155 Å². The van der Waals surface area contributed by atoms with Gasteiger partial charge in [0.05, 0.1) is 5.02 Å². The van der Waals surface area contributed by atoms with Crippen molar-refractivity contribution in [1.29, 1.82) is 0 Å². The average molecular weight is 382 g/mol. The SMILES string of the molecule is Cc1cc(=O)oc2cc(OC(=O)C(C)NC(=O)OC(C)(C)C)c(Cl)cc12. The highest BCUT2D eigenvalue weighted by molar-refractivity contribution is 6.33. The Morgan fingerprint density at radius 1 is 1.23 bits per heavy atom. The second-order valence-electron chi connectivity index (χ2n) is 6.82. The molecule has 1 aromatic carbocycles. The van der Waals surface area contributed by atoms with Crippen molar-refractivity contribution in [2.24, 2.45) is 0 Å². The number of hydrogen-bond acceptors (Lipinski definition) is 6. The Morgan fingerprint density at radius 2 is 1.88 bits per heavy atom. The van der Waals surface area contributed by atoms with Gasteiger partial charge in [-0.05, 0) is 46.2 Å². The molecule has 7 nitrogen and oxygen atoms in total. The number of hydrogen-bond donors (Lipinski definition) is 1. The van der Waals surface area contributed by atoms with Crippen molar-refractivity contribution in [2.45, 2.75) is 46.3 Å². The highest BCUT2D eigenvalue weighted by Gasteiger charge is 2.23. The summed E-state index contributed by atoms with van der Waals surface area (Å²) in [6.07, 6.45) is -0.742. The largest absolute Gasteiger partial charge is 0.444 e. The first-order chi connectivity index (χ1) is 12.0. The van der Waals surface area contributed by atoms with Crippen LogP contribution in [0.5, 0.6) is 5.75 Å². The summed E-state index contributed by atoms with van der Waals surface area (Å²) < 4.78 is 15.4. The lowest BCUT2D eigenvalue weighted by Crippen LogP contribution is -2.43. The lowest BCUT2D eigenvalue weighted by Gasteiger charge is -2.21. The zero-order valence-corrected chi connectivity index (χ0v) is 15.9. The van der Waals surface area contributed by atoms with Crippen molar-refractivity contribution >= 4 is 34.6 Å². The van der Waals surface area contributed by atoms with Crippen LogP contribution in [0.1, 0.15) is 33.3 Å². The maximum absolute atomic E-state index is 12.2. The molecule has 0 bridgehead atoms. The number of ether oxygens (including phenoxy) is 2. The first-order valence-corrected chi connectivity index (χ1v) is 8.29. The molecular formula is C18H20ClNO6. The molecule has 0 aliphatic rings. The minimum absolute atomic E-state index is 0.0238. The zero-order chi connectivity index (χ0) is 19.6. The van der Waals surface area contributed by atoms with Crippen molar-refractivity contribution in [1.82, 2.24) is 5.32 Å². The monoisotopic (exact) mass is 381 g/mol. The second-order valence-corrected chi connectivity index (χ2v) is 7.22. The molecule has 1 N–H and O–H groups in total. The van der Waals surface area contributed by atoms with E-state index in [-0.39, 0.29) is 16.4 Å². The third-order valence-corrected chi connectivity index (χ3v) is 3.60. The van der Waals surface area contributed by atoms with Gasteiger partial charge in [0.2, 0.25) is 0 Å². The molecule has 0 aliphatic heterocycles. The molecule has 0 saturated carbocycles. The minimum atomic E-state index is -0.971. The van der Waals surface area contributed by atoms with Crippen LogP contribution < -0.4 is 15.7 Å². The fourth-order valence-corrected chi connectivity index (χ4v) is 2.34. The molecule has 1 amide bonds. The van der Waals surface area contributed by atoms with Crippen LogP contribution in [-0.4, -0.2) is 23.7 Å². The summed E-state index contributed by atoms with van der Waals surface area (Å²) in [4.78, 5) is 35.4. The van der Waals surface area contributed by atoms with E-state index in [0.717, 1.165) is 0 Å². The van der Waals surface area contributed by atoms with E-state index in [0.29, 0.717) is 10.9 Å². The van der Waals surface area contributed by atoms with Crippen molar-refractivity contribution in [3.63, 3.8) is 0 Å². The van der Waals surface area contributed by atoms with Crippen LogP contribution in [0.15, 0.2) is 27.4 Å². The predicted octanol–water partition coefficient (Wildman–Crippen LogP) is 3.57. The van der Waals surface area contributed by atoms with E-state index in [1.165, 1.54) is 19.1 Å². The Hall–Kier alpha value is -2.54. The van der Waals surface area contributed by atoms with Gasteiger partial charge in [0.1, 0.15) is 17.2 Å². The molecule has 0 radical (unpaired) electrons. The van der Waals surface area contributed by atoms with Gasteiger partial charge in [-0.15, -0.1) is 0 Å². The van der Waals surface area contributed by atoms with Crippen LogP contribution >= 0.6 is 11.6 Å². The highest BCUT2D eigenvalue weighted by Crippen LogP contribution is 2.31. The third-order valence-electron chi connectivity index (χ3n) is 3.30. The lowest BCUT2D eigenvalue weighted by molar-refractivity contribution is -0.136. The summed E-state index contributed by atoms with van der Waals surface area (Å²) in [7, 11) is 0. The van der Waals surface area contributed by atoms with Gasteiger partial charge < -0.3 is 19.2 Å². The standard InChI is InChI=1S/C18H20ClNO6/c1-9-6-15(21)24-13-8-14(12(19)7-11(9)13)25-16(22)10(2)20-17(23)26-18(3,4)5/h6-8,10H,1-5H3,(H,20,23). The van der Waals surface area contributed by atoms with Crippen LogP contribution in [-0.2, 0) is 9.53 Å². The van der Waals surface area contributed by atoms with Crippen LogP contribution in [0, 0.1) is 6.92 Å². The predicted molar refractivity (Wildman–Crippen MR) is 96.7 cm³/mol. The maximum atomic E-state index is 12.2.